The smallest absolute Gasteiger partial charge is 0.412 e. The van der Waals surface area contributed by atoms with Crippen LogP contribution in [-0.2, 0) is 4.74 Å². The molecule has 1 amide bonds. The molecule has 0 radical (unpaired) electrons. The first-order chi connectivity index (χ1) is 9.83. The van der Waals surface area contributed by atoms with E-state index in [4.69, 9.17) is 4.74 Å². The Morgan fingerprint density at radius 3 is 2.52 bits per heavy atom. The summed E-state index contributed by atoms with van der Waals surface area (Å²) in [6.07, 6.45) is 3.97. The third kappa shape index (κ3) is 4.92. The van der Waals surface area contributed by atoms with E-state index in [0.29, 0.717) is 17.4 Å². The molecule has 0 heterocycles. The maximum Gasteiger partial charge on any atom is 0.412 e. The lowest BCUT2D eigenvalue weighted by atomic mass is 10.2. The van der Waals surface area contributed by atoms with Crippen LogP contribution in [0.25, 0.3) is 0 Å². The molecule has 1 aromatic rings. The average molecular weight is 294 g/mol. The van der Waals surface area contributed by atoms with Gasteiger partial charge in [0.15, 0.2) is 0 Å². The van der Waals surface area contributed by atoms with Crippen molar-refractivity contribution in [2.45, 2.75) is 58.1 Å². The number of rotatable bonds is 3. The van der Waals surface area contributed by atoms with Crippen LogP contribution in [0.2, 0.25) is 0 Å². The zero-order valence-corrected chi connectivity index (χ0v) is 12.8. The summed E-state index contributed by atoms with van der Waals surface area (Å²) in [5.41, 5.74) is 0.577. The van der Waals surface area contributed by atoms with Crippen molar-refractivity contribution in [3.05, 3.63) is 24.0 Å². The molecule has 0 atom stereocenters. The average Bonchev–Trinajstić information content (AvgIpc) is 2.83. The molecule has 2 N–H and O–H groups in total. The Balaban J connectivity index is 2.08. The van der Waals surface area contributed by atoms with Crippen LogP contribution < -0.4 is 10.6 Å². The molecule has 0 saturated heterocycles. The highest BCUT2D eigenvalue weighted by atomic mass is 19.1. The van der Waals surface area contributed by atoms with Crippen LogP contribution in [0, 0.1) is 5.82 Å². The van der Waals surface area contributed by atoms with Crippen molar-refractivity contribution < 1.29 is 13.9 Å². The molecule has 0 unspecified atom stereocenters. The molecule has 4 nitrogen and oxygen atoms in total. The molecule has 116 valence electrons. The van der Waals surface area contributed by atoms with Crippen LogP contribution in [0.4, 0.5) is 20.6 Å². The minimum Gasteiger partial charge on any atom is -0.444 e. The van der Waals surface area contributed by atoms with Gasteiger partial charge in [0.05, 0.1) is 11.4 Å². The minimum atomic E-state index is -0.566. The molecule has 1 aromatic carbocycles. The predicted octanol–water partition coefficient (Wildman–Crippen LogP) is 4.53. The van der Waals surface area contributed by atoms with Gasteiger partial charge < -0.3 is 10.1 Å². The van der Waals surface area contributed by atoms with Crippen molar-refractivity contribution in [2.24, 2.45) is 0 Å². The molecule has 0 aromatic heterocycles. The van der Waals surface area contributed by atoms with E-state index in [-0.39, 0.29) is 5.82 Å². The summed E-state index contributed by atoms with van der Waals surface area (Å²) in [6.45, 7) is 5.40. The fourth-order valence-corrected chi connectivity index (χ4v) is 2.45. The molecular formula is C16H23FN2O2. The second-order valence-corrected chi connectivity index (χ2v) is 6.44. The van der Waals surface area contributed by atoms with E-state index in [1.807, 2.05) is 0 Å². The second-order valence-electron chi connectivity index (χ2n) is 6.44. The van der Waals surface area contributed by atoms with Crippen molar-refractivity contribution in [3.63, 3.8) is 0 Å². The topological polar surface area (TPSA) is 50.4 Å². The number of carbonyl (C=O) groups is 1. The Hall–Kier alpha value is -1.78. The van der Waals surface area contributed by atoms with Gasteiger partial charge in [-0.25, -0.2) is 9.18 Å². The van der Waals surface area contributed by atoms with Crippen LogP contribution >= 0.6 is 0 Å². The van der Waals surface area contributed by atoms with Gasteiger partial charge in [-0.05, 0) is 51.8 Å². The van der Waals surface area contributed by atoms with Gasteiger partial charge >= 0.3 is 6.09 Å². The van der Waals surface area contributed by atoms with E-state index in [0.717, 1.165) is 12.8 Å². The first-order valence-electron chi connectivity index (χ1n) is 7.39. The first-order valence-corrected chi connectivity index (χ1v) is 7.39. The van der Waals surface area contributed by atoms with Crippen LogP contribution in [0.3, 0.4) is 0 Å². The normalized spacial score (nSPS) is 15.8. The molecule has 1 saturated carbocycles. The SMILES string of the molecule is CC(C)(C)OC(=O)Nc1ccc(F)cc1NC1CCCC1. The summed E-state index contributed by atoms with van der Waals surface area (Å²) >= 11 is 0. The number of benzene rings is 1. The number of halogens is 1. The highest BCUT2D eigenvalue weighted by Gasteiger charge is 2.19. The van der Waals surface area contributed by atoms with Gasteiger partial charge in [-0.3, -0.25) is 5.32 Å². The maximum absolute atomic E-state index is 13.4. The number of anilines is 2. The number of carbonyl (C=O) groups excluding carboxylic acids is 1. The number of hydrogen-bond acceptors (Lipinski definition) is 3. The lowest BCUT2D eigenvalue weighted by molar-refractivity contribution is 0.0636. The Morgan fingerprint density at radius 1 is 1.24 bits per heavy atom. The van der Waals surface area contributed by atoms with Crippen molar-refractivity contribution >= 4 is 17.5 Å². The van der Waals surface area contributed by atoms with Gasteiger partial charge in [-0.15, -0.1) is 0 Å². The van der Waals surface area contributed by atoms with E-state index < -0.39 is 11.7 Å². The number of nitrogens with one attached hydrogen (secondary N) is 2. The summed E-state index contributed by atoms with van der Waals surface area (Å²) in [7, 11) is 0. The third-order valence-electron chi connectivity index (χ3n) is 3.33. The first kappa shape index (κ1) is 15.6. The molecule has 21 heavy (non-hydrogen) atoms. The van der Waals surface area contributed by atoms with Gasteiger partial charge in [0, 0.05) is 6.04 Å². The highest BCUT2D eigenvalue weighted by Crippen LogP contribution is 2.28. The van der Waals surface area contributed by atoms with Crippen LogP contribution in [0.1, 0.15) is 46.5 Å². The van der Waals surface area contributed by atoms with Crippen LogP contribution in [0.15, 0.2) is 18.2 Å². The minimum absolute atomic E-state index is 0.328. The number of ether oxygens (including phenoxy) is 1. The van der Waals surface area contributed by atoms with Gasteiger partial charge in [0.25, 0.3) is 0 Å². The third-order valence-corrected chi connectivity index (χ3v) is 3.33. The summed E-state index contributed by atoms with van der Waals surface area (Å²) in [4.78, 5) is 11.8. The van der Waals surface area contributed by atoms with Crippen LogP contribution in [0.5, 0.6) is 0 Å². The predicted molar refractivity (Wildman–Crippen MR) is 82.1 cm³/mol. The molecule has 1 aliphatic carbocycles. The van der Waals surface area contributed by atoms with Crippen molar-refractivity contribution in [1.82, 2.24) is 0 Å². The van der Waals surface area contributed by atoms with Gasteiger partial charge in [0.1, 0.15) is 11.4 Å². The zero-order valence-electron chi connectivity index (χ0n) is 12.8. The number of hydrogen-bond donors (Lipinski definition) is 2. The molecule has 0 aliphatic heterocycles. The largest absolute Gasteiger partial charge is 0.444 e. The Kier molecular flexibility index (Phi) is 4.70. The Bertz CT molecular complexity index is 505. The quantitative estimate of drug-likeness (QED) is 0.861. The molecule has 2 rings (SSSR count). The monoisotopic (exact) mass is 294 g/mol. The highest BCUT2D eigenvalue weighted by molar-refractivity contribution is 5.89. The molecule has 5 heteroatoms. The second kappa shape index (κ2) is 6.33. The van der Waals surface area contributed by atoms with Gasteiger partial charge in [-0.2, -0.15) is 0 Å². The molecule has 1 aliphatic rings. The van der Waals surface area contributed by atoms with E-state index in [9.17, 15) is 9.18 Å². The van der Waals surface area contributed by atoms with Crippen molar-refractivity contribution in [3.8, 4) is 0 Å². The van der Waals surface area contributed by atoms with Gasteiger partial charge in [0.2, 0.25) is 0 Å². The molecular weight excluding hydrogens is 271 g/mol. The molecule has 0 spiro atoms. The summed E-state index contributed by atoms with van der Waals surface area (Å²) in [5, 5.41) is 5.99. The zero-order chi connectivity index (χ0) is 15.5. The van der Waals surface area contributed by atoms with E-state index in [1.165, 1.54) is 25.0 Å². The van der Waals surface area contributed by atoms with E-state index in [2.05, 4.69) is 10.6 Å². The fraction of sp³-hybridized carbons (Fsp3) is 0.562. The van der Waals surface area contributed by atoms with E-state index >= 15 is 0 Å². The fourth-order valence-electron chi connectivity index (χ4n) is 2.45. The Morgan fingerprint density at radius 2 is 1.90 bits per heavy atom. The standard InChI is InChI=1S/C16H23FN2O2/c1-16(2,3)21-15(20)19-13-9-8-11(17)10-14(13)18-12-6-4-5-7-12/h8-10,12,18H,4-7H2,1-3H3,(H,19,20). The lowest BCUT2D eigenvalue weighted by Gasteiger charge is -2.21. The molecule has 0 bridgehead atoms. The number of amides is 1. The summed E-state index contributed by atoms with van der Waals surface area (Å²) < 4.78 is 18.7. The van der Waals surface area contributed by atoms with Crippen molar-refractivity contribution in [1.29, 1.82) is 0 Å². The van der Waals surface area contributed by atoms with Gasteiger partial charge in [-0.1, -0.05) is 12.8 Å². The lowest BCUT2D eigenvalue weighted by Crippen LogP contribution is -2.27. The summed E-state index contributed by atoms with van der Waals surface area (Å²) in [5.74, 6) is -0.328. The summed E-state index contributed by atoms with van der Waals surface area (Å²) in [6, 6.07) is 4.62. The Labute approximate surface area is 125 Å². The molecule has 1 fully saturated rings. The van der Waals surface area contributed by atoms with Crippen LogP contribution in [-0.4, -0.2) is 17.7 Å². The maximum atomic E-state index is 13.4. The van der Waals surface area contributed by atoms with E-state index in [1.54, 1.807) is 26.8 Å². The van der Waals surface area contributed by atoms with Crippen molar-refractivity contribution in [2.75, 3.05) is 10.6 Å².